The molecule has 1 aromatic carbocycles. The van der Waals surface area contributed by atoms with E-state index < -0.39 is 5.97 Å². The van der Waals surface area contributed by atoms with Gasteiger partial charge in [0.15, 0.2) is 0 Å². The summed E-state index contributed by atoms with van der Waals surface area (Å²) in [5.41, 5.74) is 2.50. The van der Waals surface area contributed by atoms with Crippen molar-refractivity contribution in [1.82, 2.24) is 15.3 Å². The number of rotatable bonds is 10. The molecule has 1 aromatic heterocycles. The van der Waals surface area contributed by atoms with Crippen LogP contribution in [0.15, 0.2) is 47.2 Å². The van der Waals surface area contributed by atoms with Gasteiger partial charge in [-0.25, -0.2) is 9.78 Å². The lowest BCUT2D eigenvalue weighted by Crippen LogP contribution is -2.31. The Morgan fingerprint density at radius 1 is 1.40 bits per heavy atom. The van der Waals surface area contributed by atoms with Gasteiger partial charge in [0.2, 0.25) is 0 Å². The number of nitrogens with one attached hydrogen (secondary N) is 2. The van der Waals surface area contributed by atoms with Gasteiger partial charge < -0.3 is 20.1 Å². The zero-order chi connectivity index (χ0) is 21.8. The predicted octanol–water partition coefficient (Wildman–Crippen LogP) is 3.11. The van der Waals surface area contributed by atoms with Crippen molar-refractivity contribution in [2.75, 3.05) is 25.4 Å². The second kappa shape index (κ2) is 12.4. The van der Waals surface area contributed by atoms with Gasteiger partial charge in [0, 0.05) is 22.8 Å². The summed E-state index contributed by atoms with van der Waals surface area (Å²) in [6.07, 6.45) is 7.04. The van der Waals surface area contributed by atoms with Gasteiger partial charge in [-0.3, -0.25) is 4.99 Å². The number of terminal acetylenes is 1. The highest BCUT2D eigenvalue weighted by Crippen LogP contribution is 2.18. The summed E-state index contributed by atoms with van der Waals surface area (Å²) in [5.74, 6) is 3.26. The van der Waals surface area contributed by atoms with E-state index in [1.807, 2.05) is 13.0 Å². The van der Waals surface area contributed by atoms with Crippen LogP contribution < -0.4 is 5.32 Å². The van der Waals surface area contributed by atoms with E-state index in [4.69, 9.17) is 11.2 Å². The van der Waals surface area contributed by atoms with Gasteiger partial charge in [-0.1, -0.05) is 36.3 Å². The Hall–Kier alpha value is -3.18. The van der Waals surface area contributed by atoms with E-state index in [0.29, 0.717) is 17.9 Å². The number of benzene rings is 1. The maximum Gasteiger partial charge on any atom is 0.345 e. The van der Waals surface area contributed by atoms with Crippen LogP contribution in [0.4, 0.5) is 0 Å². The van der Waals surface area contributed by atoms with Gasteiger partial charge >= 0.3 is 5.97 Å². The number of hydrogen-bond donors (Lipinski definition) is 3. The highest BCUT2D eigenvalue weighted by Gasteiger charge is 2.23. The first-order chi connectivity index (χ1) is 14.6. The molecule has 0 atom stereocenters. The number of carbonyl (C=O) groups excluding carboxylic acids is 1. The molecule has 8 heteroatoms. The molecular formula is C22H26N4O3S. The van der Waals surface area contributed by atoms with Gasteiger partial charge in [0.25, 0.3) is 0 Å². The number of nitrogens with zero attached hydrogens (tertiary/aromatic N) is 2. The maximum absolute atomic E-state index is 12.6. The lowest BCUT2D eigenvalue weighted by atomic mass is 10.1. The lowest BCUT2D eigenvalue weighted by Gasteiger charge is -2.14. The van der Waals surface area contributed by atoms with E-state index in [1.54, 1.807) is 49.3 Å². The molecule has 2 aromatic rings. The van der Waals surface area contributed by atoms with Gasteiger partial charge in [-0.05, 0) is 13.8 Å². The number of amidine groups is 1. The Morgan fingerprint density at radius 3 is 2.80 bits per heavy atom. The summed E-state index contributed by atoms with van der Waals surface area (Å²) in [6.45, 7) is 4.43. The topological polar surface area (TPSA) is 99.6 Å². The Labute approximate surface area is 181 Å². The van der Waals surface area contributed by atoms with Crippen LogP contribution in [-0.2, 0) is 15.3 Å². The van der Waals surface area contributed by atoms with E-state index in [9.17, 15) is 9.90 Å². The highest BCUT2D eigenvalue weighted by molar-refractivity contribution is 7.98. The molecule has 0 aliphatic carbocycles. The summed E-state index contributed by atoms with van der Waals surface area (Å²) < 4.78 is 5.15. The number of aromatic amines is 1. The molecule has 0 saturated heterocycles. The summed E-state index contributed by atoms with van der Waals surface area (Å²) >= 11 is 1.67. The number of H-pyrrole nitrogens is 1. The standard InChI is InChI=1S/C22H26N4O3S/c1-4-11-23-21(24-12-13-30-14-18-16(3)25-15-26-18)19(22(28)29-5-2)20(27)17-9-7-6-8-10-17/h1,6-10,15,27H,5,11-14H2,2-3H3,(H,23,24)(H,25,26). The van der Waals surface area contributed by atoms with E-state index >= 15 is 0 Å². The van der Waals surface area contributed by atoms with Crippen molar-refractivity contribution in [3.05, 3.63) is 59.2 Å². The maximum atomic E-state index is 12.6. The summed E-state index contributed by atoms with van der Waals surface area (Å²) in [5, 5.41) is 13.7. The summed E-state index contributed by atoms with van der Waals surface area (Å²) in [7, 11) is 0. The molecule has 158 valence electrons. The number of carbonyl (C=O) groups is 1. The number of ether oxygens (including phenoxy) is 1. The van der Waals surface area contributed by atoms with Crippen molar-refractivity contribution in [3.8, 4) is 12.3 Å². The number of aliphatic hydroxyl groups excluding tert-OH is 1. The van der Waals surface area contributed by atoms with Crippen LogP contribution in [0.2, 0.25) is 0 Å². The lowest BCUT2D eigenvalue weighted by molar-refractivity contribution is -0.137. The third kappa shape index (κ3) is 6.71. The van der Waals surface area contributed by atoms with E-state index in [1.165, 1.54) is 0 Å². The second-order valence-electron chi connectivity index (χ2n) is 6.12. The van der Waals surface area contributed by atoms with Crippen molar-refractivity contribution in [1.29, 1.82) is 0 Å². The summed E-state index contributed by atoms with van der Waals surface area (Å²) in [6, 6.07) is 8.77. The fourth-order valence-electron chi connectivity index (χ4n) is 2.53. The van der Waals surface area contributed by atoms with Crippen molar-refractivity contribution in [3.63, 3.8) is 0 Å². The zero-order valence-corrected chi connectivity index (χ0v) is 18.0. The number of imidazole rings is 1. The van der Waals surface area contributed by atoms with Crippen LogP contribution in [0.5, 0.6) is 0 Å². The van der Waals surface area contributed by atoms with E-state index in [-0.39, 0.29) is 30.3 Å². The molecular weight excluding hydrogens is 400 g/mol. The Morgan fingerprint density at radius 2 is 2.17 bits per heavy atom. The normalized spacial score (nSPS) is 12.1. The molecule has 0 spiro atoms. The van der Waals surface area contributed by atoms with Crippen LogP contribution in [-0.4, -0.2) is 52.3 Å². The van der Waals surface area contributed by atoms with Crippen LogP contribution in [0.25, 0.3) is 5.76 Å². The molecule has 0 unspecified atom stereocenters. The fourth-order valence-corrected chi connectivity index (χ4v) is 3.38. The van der Waals surface area contributed by atoms with E-state index in [0.717, 1.165) is 17.1 Å². The minimum absolute atomic E-state index is 0.0357. The fraction of sp³-hybridized carbons (Fsp3) is 0.318. The molecule has 2 rings (SSSR count). The average Bonchev–Trinajstić information content (AvgIpc) is 3.16. The smallest absolute Gasteiger partial charge is 0.345 e. The van der Waals surface area contributed by atoms with Crippen LogP contribution >= 0.6 is 11.8 Å². The Kier molecular flexibility index (Phi) is 9.55. The zero-order valence-electron chi connectivity index (χ0n) is 17.1. The van der Waals surface area contributed by atoms with Gasteiger partial charge in [-0.2, -0.15) is 11.8 Å². The minimum Gasteiger partial charge on any atom is -0.506 e. The van der Waals surface area contributed by atoms with E-state index in [2.05, 4.69) is 26.2 Å². The molecule has 7 nitrogen and oxygen atoms in total. The van der Waals surface area contributed by atoms with Crippen molar-refractivity contribution in [2.45, 2.75) is 19.6 Å². The molecule has 0 bridgehead atoms. The number of esters is 1. The average molecular weight is 427 g/mol. The number of aliphatic hydroxyl groups is 1. The van der Waals surface area contributed by atoms with Crippen molar-refractivity contribution in [2.24, 2.45) is 4.99 Å². The van der Waals surface area contributed by atoms with Gasteiger partial charge in [0.05, 0.1) is 31.7 Å². The molecule has 0 aliphatic heterocycles. The number of aromatic nitrogens is 2. The van der Waals surface area contributed by atoms with Crippen LogP contribution in [0, 0.1) is 19.3 Å². The first kappa shape index (κ1) is 23.1. The molecule has 30 heavy (non-hydrogen) atoms. The molecule has 0 amide bonds. The molecule has 0 saturated carbocycles. The number of thioether (sulfide) groups is 1. The molecule has 0 fully saturated rings. The van der Waals surface area contributed by atoms with Crippen LogP contribution in [0.3, 0.4) is 0 Å². The number of aliphatic imine (C=N–C) groups is 1. The highest BCUT2D eigenvalue weighted by atomic mass is 32.2. The molecule has 0 radical (unpaired) electrons. The molecule has 0 aliphatic rings. The molecule has 3 N–H and O–H groups in total. The third-order valence-corrected chi connectivity index (χ3v) is 4.99. The quantitative estimate of drug-likeness (QED) is 0.103. The monoisotopic (exact) mass is 426 g/mol. The predicted molar refractivity (Wildman–Crippen MR) is 121 cm³/mol. The summed E-state index contributed by atoms with van der Waals surface area (Å²) in [4.78, 5) is 24.4. The van der Waals surface area contributed by atoms with Crippen LogP contribution in [0.1, 0.15) is 23.9 Å². The Bertz CT molecular complexity index is 929. The second-order valence-corrected chi connectivity index (χ2v) is 7.23. The minimum atomic E-state index is -0.665. The first-order valence-corrected chi connectivity index (χ1v) is 10.7. The third-order valence-electron chi connectivity index (χ3n) is 4.04. The number of aryl methyl sites for hydroxylation is 1. The molecule has 1 heterocycles. The van der Waals surface area contributed by atoms with Gasteiger partial charge in [0.1, 0.15) is 17.2 Å². The Balaban J connectivity index is 2.22. The largest absolute Gasteiger partial charge is 0.506 e. The number of hydrogen-bond acceptors (Lipinski definition) is 6. The first-order valence-electron chi connectivity index (χ1n) is 9.53. The van der Waals surface area contributed by atoms with Crippen molar-refractivity contribution < 1.29 is 14.6 Å². The van der Waals surface area contributed by atoms with Crippen molar-refractivity contribution >= 4 is 29.3 Å². The van der Waals surface area contributed by atoms with Gasteiger partial charge in [-0.15, -0.1) is 6.42 Å². The SMILES string of the molecule is C#CCNC(=NCCSCc1nc[nH]c1C)C(C(=O)OCC)=C(O)c1ccccc1.